The number of benzene rings is 1. The van der Waals surface area contributed by atoms with E-state index >= 15 is 0 Å². The molecule has 0 saturated carbocycles. The normalized spacial score (nSPS) is 11.1. The molecule has 3 N–H and O–H groups in total. The van der Waals surface area contributed by atoms with Gasteiger partial charge in [0.05, 0.1) is 0 Å². The average molecular weight is 284 g/mol. The molecule has 0 atom stereocenters. The summed E-state index contributed by atoms with van der Waals surface area (Å²) in [5.41, 5.74) is 5.52. The maximum absolute atomic E-state index is 11.7. The van der Waals surface area contributed by atoms with E-state index in [2.05, 4.69) is 10.2 Å². The number of nitrogens with zero attached hydrogens (tertiary/aromatic N) is 2. The van der Waals surface area contributed by atoms with E-state index in [-0.39, 0.29) is 15.0 Å². The first-order chi connectivity index (χ1) is 8.49. The lowest BCUT2D eigenvalue weighted by Gasteiger charge is -2.03. The highest BCUT2D eigenvalue weighted by Gasteiger charge is 2.22. The molecule has 1 heterocycles. The smallest absolute Gasteiger partial charge is 0.293 e. The van der Waals surface area contributed by atoms with Gasteiger partial charge in [0.1, 0.15) is 0 Å². The van der Waals surface area contributed by atoms with Crippen LogP contribution in [0.15, 0.2) is 34.7 Å². The predicted molar refractivity (Wildman–Crippen MR) is 65.4 cm³/mol. The second kappa shape index (κ2) is 4.70. The molecule has 0 spiro atoms. The van der Waals surface area contributed by atoms with E-state index in [1.165, 1.54) is 12.1 Å². The fraction of sp³-hybridized carbons (Fsp3) is 0. The lowest BCUT2D eigenvalue weighted by Crippen LogP contribution is -2.30. The Morgan fingerprint density at radius 2 is 1.89 bits per heavy atom. The summed E-state index contributed by atoms with van der Waals surface area (Å²) in [7, 11) is -4.02. The second-order valence-corrected chi connectivity index (χ2v) is 6.07. The molecule has 18 heavy (non-hydrogen) atoms. The van der Waals surface area contributed by atoms with Gasteiger partial charge in [-0.05, 0) is 12.1 Å². The first-order valence-electron chi connectivity index (χ1n) is 4.70. The minimum absolute atomic E-state index is 0.0162. The Labute approximate surface area is 107 Å². The van der Waals surface area contributed by atoms with Crippen LogP contribution in [0.1, 0.15) is 10.4 Å². The molecule has 1 aromatic heterocycles. The summed E-state index contributed by atoms with van der Waals surface area (Å²) in [6, 6.07) is 7.98. The molecule has 9 heteroatoms. The van der Waals surface area contributed by atoms with Crippen molar-refractivity contribution < 1.29 is 13.2 Å². The first kappa shape index (κ1) is 12.5. The number of sulfonamides is 1. The van der Waals surface area contributed by atoms with Gasteiger partial charge in [-0.3, -0.25) is 4.79 Å². The SMILES string of the molecule is Nc1nnc(S(=O)(=O)NC(=O)c2ccccc2)s1. The molecule has 1 aromatic carbocycles. The molecule has 0 radical (unpaired) electrons. The zero-order valence-corrected chi connectivity index (χ0v) is 10.5. The van der Waals surface area contributed by atoms with Crippen LogP contribution < -0.4 is 10.5 Å². The standard InChI is InChI=1S/C9H8N4O3S2/c10-8-11-12-9(17-8)18(15,16)13-7(14)6-4-2-1-3-5-6/h1-5H,(H2,10,11)(H,13,14). The maximum Gasteiger partial charge on any atom is 0.293 e. The molecule has 0 saturated heterocycles. The largest absolute Gasteiger partial charge is 0.374 e. The van der Waals surface area contributed by atoms with Gasteiger partial charge in [0.2, 0.25) is 5.13 Å². The van der Waals surface area contributed by atoms with Crippen LogP contribution in [0, 0.1) is 0 Å². The van der Waals surface area contributed by atoms with E-state index in [1.54, 1.807) is 18.2 Å². The summed E-state index contributed by atoms with van der Waals surface area (Å²) in [6.45, 7) is 0. The van der Waals surface area contributed by atoms with Gasteiger partial charge < -0.3 is 5.73 Å². The van der Waals surface area contributed by atoms with Crippen molar-refractivity contribution in [3.63, 3.8) is 0 Å². The van der Waals surface area contributed by atoms with Crippen molar-refractivity contribution in [2.45, 2.75) is 4.34 Å². The molecule has 0 aliphatic heterocycles. The second-order valence-electron chi connectivity index (χ2n) is 3.21. The Morgan fingerprint density at radius 1 is 1.22 bits per heavy atom. The third-order valence-corrected chi connectivity index (χ3v) is 4.37. The van der Waals surface area contributed by atoms with Crippen molar-refractivity contribution in [2.75, 3.05) is 5.73 Å². The molecule has 2 aromatic rings. The van der Waals surface area contributed by atoms with Crippen LogP contribution in [0.3, 0.4) is 0 Å². The van der Waals surface area contributed by atoms with E-state index < -0.39 is 15.9 Å². The number of rotatable bonds is 3. The Balaban J connectivity index is 2.22. The van der Waals surface area contributed by atoms with Crippen molar-refractivity contribution in [1.29, 1.82) is 0 Å². The van der Waals surface area contributed by atoms with Crippen molar-refractivity contribution >= 4 is 32.4 Å². The Bertz CT molecular complexity index is 666. The van der Waals surface area contributed by atoms with E-state index in [0.29, 0.717) is 11.3 Å². The molecule has 0 aliphatic rings. The Hall–Kier alpha value is -2.00. The van der Waals surface area contributed by atoms with Crippen molar-refractivity contribution in [1.82, 2.24) is 14.9 Å². The van der Waals surface area contributed by atoms with Crippen LogP contribution >= 0.6 is 11.3 Å². The predicted octanol–water partition coefficient (Wildman–Crippen LogP) is 0.239. The van der Waals surface area contributed by atoms with Crippen LogP contribution in [0.2, 0.25) is 0 Å². The van der Waals surface area contributed by atoms with Crippen molar-refractivity contribution in [3.05, 3.63) is 35.9 Å². The Kier molecular flexibility index (Phi) is 3.26. The summed E-state index contributed by atoms with van der Waals surface area (Å²) < 4.78 is 25.0. The minimum atomic E-state index is -4.02. The summed E-state index contributed by atoms with van der Waals surface area (Å²) in [5.74, 6) is -0.732. The quantitative estimate of drug-likeness (QED) is 0.834. The average Bonchev–Trinajstić information content (AvgIpc) is 2.77. The molecule has 2 rings (SSSR count). The van der Waals surface area contributed by atoms with Gasteiger partial charge in [0.15, 0.2) is 0 Å². The summed E-state index contributed by atoms with van der Waals surface area (Å²) >= 11 is 0.685. The zero-order chi connectivity index (χ0) is 13.2. The number of hydrogen-bond donors (Lipinski definition) is 2. The molecule has 0 bridgehead atoms. The highest BCUT2D eigenvalue weighted by molar-refractivity contribution is 7.92. The number of nitrogens with two attached hydrogens (primary N) is 1. The maximum atomic E-state index is 11.7. The third kappa shape index (κ3) is 2.63. The third-order valence-electron chi connectivity index (χ3n) is 1.92. The molecule has 0 unspecified atom stereocenters. The van der Waals surface area contributed by atoms with Crippen molar-refractivity contribution in [3.8, 4) is 0 Å². The highest BCUT2D eigenvalue weighted by Crippen LogP contribution is 2.16. The molecule has 0 fully saturated rings. The van der Waals surface area contributed by atoms with Crippen molar-refractivity contribution in [2.24, 2.45) is 0 Å². The molecule has 7 nitrogen and oxygen atoms in total. The number of nitrogen functional groups attached to an aromatic ring is 1. The van der Waals surface area contributed by atoms with Gasteiger partial charge in [-0.1, -0.05) is 29.5 Å². The number of anilines is 1. The topological polar surface area (TPSA) is 115 Å². The van der Waals surface area contributed by atoms with Gasteiger partial charge >= 0.3 is 0 Å². The van der Waals surface area contributed by atoms with Crippen LogP contribution in [0.5, 0.6) is 0 Å². The molecule has 94 valence electrons. The van der Waals surface area contributed by atoms with Gasteiger partial charge in [0, 0.05) is 5.56 Å². The summed E-state index contributed by atoms with van der Waals surface area (Å²) in [5, 5.41) is 6.77. The fourth-order valence-electron chi connectivity index (χ4n) is 1.14. The van der Waals surface area contributed by atoms with Crippen LogP contribution in [0.4, 0.5) is 5.13 Å². The molecule has 0 aliphatic carbocycles. The van der Waals surface area contributed by atoms with E-state index in [4.69, 9.17) is 5.73 Å². The highest BCUT2D eigenvalue weighted by atomic mass is 32.2. The zero-order valence-electron chi connectivity index (χ0n) is 8.90. The first-order valence-corrected chi connectivity index (χ1v) is 7.00. The summed E-state index contributed by atoms with van der Waals surface area (Å²) in [4.78, 5) is 11.7. The minimum Gasteiger partial charge on any atom is -0.374 e. The van der Waals surface area contributed by atoms with Gasteiger partial charge in [-0.25, -0.2) is 4.72 Å². The number of amides is 1. The van der Waals surface area contributed by atoms with Crippen LogP contribution in [-0.4, -0.2) is 24.5 Å². The van der Waals surface area contributed by atoms with E-state index in [0.717, 1.165) is 0 Å². The number of aromatic nitrogens is 2. The van der Waals surface area contributed by atoms with E-state index in [9.17, 15) is 13.2 Å². The lowest BCUT2D eigenvalue weighted by molar-refractivity contribution is 0.0981. The number of carbonyl (C=O) groups is 1. The molecular formula is C9H8N4O3S2. The Morgan fingerprint density at radius 3 is 2.44 bits per heavy atom. The van der Waals surface area contributed by atoms with E-state index in [1.807, 2.05) is 4.72 Å². The summed E-state index contributed by atoms with van der Waals surface area (Å²) in [6.07, 6.45) is 0. The van der Waals surface area contributed by atoms with Crippen LogP contribution in [-0.2, 0) is 10.0 Å². The van der Waals surface area contributed by atoms with Gasteiger partial charge in [-0.15, -0.1) is 10.2 Å². The van der Waals surface area contributed by atoms with Crippen LogP contribution in [0.25, 0.3) is 0 Å². The van der Waals surface area contributed by atoms with Gasteiger partial charge in [0.25, 0.3) is 20.3 Å². The number of carbonyl (C=O) groups excluding carboxylic acids is 1. The monoisotopic (exact) mass is 284 g/mol. The number of hydrogen-bond acceptors (Lipinski definition) is 7. The van der Waals surface area contributed by atoms with Gasteiger partial charge in [-0.2, -0.15) is 8.42 Å². The number of nitrogens with one attached hydrogen (secondary N) is 1. The molecular weight excluding hydrogens is 276 g/mol. The fourth-order valence-corrected chi connectivity index (χ4v) is 2.90. The molecule has 1 amide bonds. The lowest BCUT2D eigenvalue weighted by atomic mass is 10.2.